The van der Waals surface area contributed by atoms with Crippen molar-refractivity contribution in [1.29, 1.82) is 0 Å². The lowest BCUT2D eigenvalue weighted by molar-refractivity contribution is 0.545. The van der Waals surface area contributed by atoms with Crippen LogP contribution in [0.2, 0.25) is 0 Å². The Morgan fingerprint density at radius 2 is 2.57 bits per heavy atom. The van der Waals surface area contributed by atoms with Gasteiger partial charge in [-0.3, -0.25) is 4.98 Å². The van der Waals surface area contributed by atoms with E-state index in [0.717, 1.165) is 19.6 Å². The van der Waals surface area contributed by atoms with Gasteiger partial charge in [0.2, 0.25) is 0 Å². The fourth-order valence-electron chi connectivity index (χ4n) is 1.76. The molecule has 1 aliphatic rings. The molecule has 1 aliphatic heterocycles. The highest BCUT2D eigenvalue weighted by molar-refractivity contribution is 5.21. The van der Waals surface area contributed by atoms with Crippen molar-refractivity contribution in [3.8, 4) is 0 Å². The summed E-state index contributed by atoms with van der Waals surface area (Å²) in [4.78, 5) is 4.14. The molecule has 0 bridgehead atoms. The Balaban J connectivity index is 1.88. The summed E-state index contributed by atoms with van der Waals surface area (Å²) in [6, 6.07) is 2.69. The number of nitrogens with one attached hydrogen (secondary N) is 2. The summed E-state index contributed by atoms with van der Waals surface area (Å²) in [6.07, 6.45) is 5.03. The van der Waals surface area contributed by atoms with Crippen LogP contribution in [0.1, 0.15) is 17.5 Å². The maximum absolute atomic E-state index is 4.14. The molecular formula is C11H17N3. The van der Waals surface area contributed by atoms with Gasteiger partial charge in [0, 0.05) is 31.5 Å². The molecule has 76 valence electrons. The minimum atomic E-state index is 0.634. The molecule has 0 saturated carbocycles. The van der Waals surface area contributed by atoms with E-state index in [1.54, 1.807) is 0 Å². The molecule has 3 nitrogen and oxygen atoms in total. The van der Waals surface area contributed by atoms with Crippen molar-refractivity contribution in [2.24, 2.45) is 0 Å². The zero-order chi connectivity index (χ0) is 9.80. The number of pyridine rings is 1. The standard InChI is InChI=1S/C11H17N3/c1-9-2-4-12-6-10(9)7-14-11-3-5-13-8-11/h2,4,6,11,13-14H,3,5,7-8H2,1H3. The zero-order valence-electron chi connectivity index (χ0n) is 8.59. The molecule has 2 heterocycles. The molecule has 1 aromatic rings. The van der Waals surface area contributed by atoms with E-state index < -0.39 is 0 Å². The van der Waals surface area contributed by atoms with E-state index in [2.05, 4.69) is 28.6 Å². The highest BCUT2D eigenvalue weighted by atomic mass is 15.0. The molecule has 2 N–H and O–H groups in total. The molecule has 1 unspecified atom stereocenters. The molecule has 0 aromatic carbocycles. The number of rotatable bonds is 3. The van der Waals surface area contributed by atoms with Crippen molar-refractivity contribution in [2.45, 2.75) is 25.9 Å². The van der Waals surface area contributed by atoms with Crippen molar-refractivity contribution in [2.75, 3.05) is 13.1 Å². The largest absolute Gasteiger partial charge is 0.315 e. The third-order valence-corrected chi connectivity index (χ3v) is 2.79. The molecule has 3 heteroatoms. The fourth-order valence-corrected chi connectivity index (χ4v) is 1.76. The number of hydrogen-bond donors (Lipinski definition) is 2. The maximum Gasteiger partial charge on any atom is 0.0315 e. The van der Waals surface area contributed by atoms with E-state index in [4.69, 9.17) is 0 Å². The summed E-state index contributed by atoms with van der Waals surface area (Å²) in [5.41, 5.74) is 2.62. The third-order valence-electron chi connectivity index (χ3n) is 2.79. The van der Waals surface area contributed by atoms with E-state index in [9.17, 15) is 0 Å². The molecule has 14 heavy (non-hydrogen) atoms. The number of hydrogen-bond acceptors (Lipinski definition) is 3. The number of aryl methyl sites for hydroxylation is 1. The first kappa shape index (κ1) is 9.62. The average Bonchev–Trinajstić information content (AvgIpc) is 2.69. The maximum atomic E-state index is 4.14. The van der Waals surface area contributed by atoms with Crippen molar-refractivity contribution in [3.63, 3.8) is 0 Å². The molecule has 1 saturated heterocycles. The van der Waals surface area contributed by atoms with Crippen LogP contribution in [0.25, 0.3) is 0 Å². The fraction of sp³-hybridized carbons (Fsp3) is 0.545. The normalized spacial score (nSPS) is 21.4. The number of aromatic nitrogens is 1. The Labute approximate surface area is 84.9 Å². The van der Waals surface area contributed by atoms with Crippen LogP contribution in [0.4, 0.5) is 0 Å². The Hall–Kier alpha value is -0.930. The first-order valence-electron chi connectivity index (χ1n) is 5.20. The second-order valence-corrected chi connectivity index (χ2v) is 3.87. The lowest BCUT2D eigenvalue weighted by Gasteiger charge is -2.12. The molecular weight excluding hydrogens is 174 g/mol. The van der Waals surface area contributed by atoms with Gasteiger partial charge in [-0.1, -0.05) is 0 Å². The first-order valence-corrected chi connectivity index (χ1v) is 5.20. The highest BCUT2D eigenvalue weighted by Gasteiger charge is 2.13. The monoisotopic (exact) mass is 191 g/mol. The van der Waals surface area contributed by atoms with E-state index in [-0.39, 0.29) is 0 Å². The molecule has 0 aliphatic carbocycles. The molecule has 1 fully saturated rings. The van der Waals surface area contributed by atoms with Gasteiger partial charge in [0.1, 0.15) is 0 Å². The Bertz CT molecular complexity index is 292. The van der Waals surface area contributed by atoms with Gasteiger partial charge in [-0.15, -0.1) is 0 Å². The summed E-state index contributed by atoms with van der Waals surface area (Å²) in [5, 5.41) is 6.88. The van der Waals surface area contributed by atoms with Gasteiger partial charge in [0.15, 0.2) is 0 Å². The Morgan fingerprint density at radius 3 is 3.29 bits per heavy atom. The van der Waals surface area contributed by atoms with Gasteiger partial charge in [0.05, 0.1) is 0 Å². The topological polar surface area (TPSA) is 37.0 Å². The van der Waals surface area contributed by atoms with Crippen LogP contribution in [-0.4, -0.2) is 24.1 Å². The van der Waals surface area contributed by atoms with Crippen LogP contribution in [0, 0.1) is 6.92 Å². The predicted octanol–water partition coefficient (Wildman–Crippen LogP) is 0.842. The lowest BCUT2D eigenvalue weighted by atomic mass is 10.1. The second-order valence-electron chi connectivity index (χ2n) is 3.87. The smallest absolute Gasteiger partial charge is 0.0315 e. The van der Waals surface area contributed by atoms with Crippen LogP contribution in [0.5, 0.6) is 0 Å². The molecule has 1 atom stereocenters. The Kier molecular flexibility index (Phi) is 3.11. The lowest BCUT2D eigenvalue weighted by Crippen LogP contribution is -2.30. The van der Waals surface area contributed by atoms with Gasteiger partial charge in [-0.25, -0.2) is 0 Å². The predicted molar refractivity (Wildman–Crippen MR) is 57.1 cm³/mol. The van der Waals surface area contributed by atoms with Gasteiger partial charge in [0.25, 0.3) is 0 Å². The molecule has 0 spiro atoms. The van der Waals surface area contributed by atoms with Crippen molar-refractivity contribution in [3.05, 3.63) is 29.6 Å². The van der Waals surface area contributed by atoms with E-state index >= 15 is 0 Å². The Morgan fingerprint density at radius 1 is 1.64 bits per heavy atom. The SMILES string of the molecule is Cc1ccncc1CNC1CCNC1. The van der Waals surface area contributed by atoms with Gasteiger partial charge < -0.3 is 10.6 Å². The van der Waals surface area contributed by atoms with Gasteiger partial charge >= 0.3 is 0 Å². The zero-order valence-corrected chi connectivity index (χ0v) is 8.59. The van der Waals surface area contributed by atoms with Crippen molar-refractivity contribution < 1.29 is 0 Å². The summed E-state index contributed by atoms with van der Waals surface area (Å²) in [7, 11) is 0. The van der Waals surface area contributed by atoms with Crippen LogP contribution in [0.15, 0.2) is 18.5 Å². The average molecular weight is 191 g/mol. The van der Waals surface area contributed by atoms with Crippen LogP contribution < -0.4 is 10.6 Å². The van der Waals surface area contributed by atoms with Crippen LogP contribution in [-0.2, 0) is 6.54 Å². The number of nitrogens with zero attached hydrogens (tertiary/aromatic N) is 1. The molecule has 0 radical (unpaired) electrons. The van der Waals surface area contributed by atoms with Crippen molar-refractivity contribution in [1.82, 2.24) is 15.6 Å². The molecule has 0 amide bonds. The van der Waals surface area contributed by atoms with E-state index in [0.29, 0.717) is 6.04 Å². The molecule has 2 rings (SSSR count). The minimum absolute atomic E-state index is 0.634. The highest BCUT2D eigenvalue weighted by Crippen LogP contribution is 2.06. The van der Waals surface area contributed by atoms with Gasteiger partial charge in [-0.2, -0.15) is 0 Å². The quantitative estimate of drug-likeness (QED) is 0.743. The summed E-state index contributed by atoms with van der Waals surface area (Å²) < 4.78 is 0. The second kappa shape index (κ2) is 4.53. The van der Waals surface area contributed by atoms with Crippen LogP contribution in [0.3, 0.4) is 0 Å². The van der Waals surface area contributed by atoms with Crippen molar-refractivity contribution >= 4 is 0 Å². The minimum Gasteiger partial charge on any atom is -0.315 e. The molecule has 1 aromatic heterocycles. The first-order chi connectivity index (χ1) is 6.86. The van der Waals surface area contributed by atoms with Crippen LogP contribution >= 0.6 is 0 Å². The van der Waals surface area contributed by atoms with Gasteiger partial charge in [-0.05, 0) is 37.1 Å². The summed E-state index contributed by atoms with van der Waals surface area (Å²) in [5.74, 6) is 0. The summed E-state index contributed by atoms with van der Waals surface area (Å²) in [6.45, 7) is 5.31. The summed E-state index contributed by atoms with van der Waals surface area (Å²) >= 11 is 0. The van der Waals surface area contributed by atoms with E-state index in [1.807, 2.05) is 12.4 Å². The third kappa shape index (κ3) is 2.30. The van der Waals surface area contributed by atoms with E-state index in [1.165, 1.54) is 17.5 Å².